The molecule has 0 aromatic heterocycles. The van der Waals surface area contributed by atoms with E-state index in [-0.39, 0.29) is 6.04 Å². The Morgan fingerprint density at radius 2 is 2.13 bits per heavy atom. The topological polar surface area (TPSA) is 23.5 Å². The molecule has 1 N–H and O–H groups in total. The number of hydrogen-bond acceptors (Lipinski definition) is 2. The van der Waals surface area contributed by atoms with Crippen molar-refractivity contribution in [2.24, 2.45) is 5.92 Å². The molecule has 15 heavy (non-hydrogen) atoms. The lowest BCUT2D eigenvalue weighted by Crippen LogP contribution is -2.37. The van der Waals surface area contributed by atoms with Gasteiger partial charge in [0.2, 0.25) is 0 Å². The third kappa shape index (κ3) is 1.33. The smallest absolute Gasteiger partial charge is 0.115 e. The summed E-state index contributed by atoms with van der Waals surface area (Å²) in [5, 5.41) is 9.52. The average molecular weight is 199 g/mol. The first kappa shape index (κ1) is 8.60. The van der Waals surface area contributed by atoms with Gasteiger partial charge in [0, 0.05) is 18.3 Å². The van der Waals surface area contributed by atoms with Crippen LogP contribution in [0.1, 0.15) is 6.42 Å². The molecule has 1 aliphatic carbocycles. The summed E-state index contributed by atoms with van der Waals surface area (Å²) < 4.78 is 0. The predicted octanol–water partition coefficient (Wildman–Crippen LogP) is 2.66. The number of aliphatic hydroxyl groups excluding tert-OH is 1. The van der Waals surface area contributed by atoms with Crippen LogP contribution in [0.15, 0.2) is 60.2 Å². The molecular formula is C13H13NO. The number of fused-ring (bicyclic) bond motifs is 3. The molecule has 3 aliphatic rings. The van der Waals surface area contributed by atoms with Crippen LogP contribution in [-0.4, -0.2) is 16.0 Å². The van der Waals surface area contributed by atoms with Crippen LogP contribution in [0.2, 0.25) is 0 Å². The Balaban J connectivity index is 2.01. The van der Waals surface area contributed by atoms with Gasteiger partial charge in [-0.2, -0.15) is 0 Å². The van der Waals surface area contributed by atoms with E-state index in [0.29, 0.717) is 11.7 Å². The normalized spacial score (nSPS) is 31.9. The number of rotatable bonds is 0. The lowest BCUT2D eigenvalue weighted by atomic mass is 9.81. The van der Waals surface area contributed by atoms with Crippen LogP contribution in [0.4, 0.5) is 0 Å². The molecule has 76 valence electrons. The minimum Gasteiger partial charge on any atom is -0.508 e. The van der Waals surface area contributed by atoms with Crippen LogP contribution in [0.3, 0.4) is 0 Å². The summed E-state index contributed by atoms with van der Waals surface area (Å²) in [6.45, 7) is 0. The summed E-state index contributed by atoms with van der Waals surface area (Å²) in [6.07, 6.45) is 17.3. The van der Waals surface area contributed by atoms with Gasteiger partial charge in [-0.05, 0) is 30.2 Å². The molecule has 0 bridgehead atoms. The van der Waals surface area contributed by atoms with Crippen molar-refractivity contribution < 1.29 is 5.11 Å². The molecule has 2 nitrogen and oxygen atoms in total. The van der Waals surface area contributed by atoms with Crippen molar-refractivity contribution >= 4 is 0 Å². The summed E-state index contributed by atoms with van der Waals surface area (Å²) in [5.41, 5.74) is 1.36. The van der Waals surface area contributed by atoms with Crippen molar-refractivity contribution in [3.05, 3.63) is 60.2 Å². The second kappa shape index (κ2) is 3.16. The van der Waals surface area contributed by atoms with Gasteiger partial charge in [0.25, 0.3) is 0 Å². The molecule has 0 fully saturated rings. The van der Waals surface area contributed by atoms with Crippen LogP contribution in [0.5, 0.6) is 0 Å². The molecule has 2 atom stereocenters. The van der Waals surface area contributed by atoms with E-state index in [1.54, 1.807) is 6.08 Å². The highest BCUT2D eigenvalue weighted by atomic mass is 16.3. The second-order valence-corrected chi connectivity index (χ2v) is 4.10. The maximum Gasteiger partial charge on any atom is 0.115 e. The van der Waals surface area contributed by atoms with E-state index in [1.807, 2.05) is 12.3 Å². The summed E-state index contributed by atoms with van der Waals surface area (Å²) in [7, 11) is 0. The molecule has 0 radical (unpaired) electrons. The average Bonchev–Trinajstić information content (AvgIpc) is 2.29. The molecule has 0 amide bonds. The number of nitrogens with zero attached hydrogens (tertiary/aromatic N) is 1. The van der Waals surface area contributed by atoms with Gasteiger partial charge in [-0.15, -0.1) is 0 Å². The maximum atomic E-state index is 9.52. The fraction of sp³-hybridized carbons (Fsp3) is 0.231. The molecule has 0 aromatic rings. The zero-order chi connectivity index (χ0) is 10.3. The monoisotopic (exact) mass is 199 g/mol. The minimum absolute atomic E-state index is 0.274. The first-order valence-electron chi connectivity index (χ1n) is 5.26. The lowest BCUT2D eigenvalue weighted by Gasteiger charge is -2.38. The fourth-order valence-electron chi connectivity index (χ4n) is 2.40. The molecule has 0 aromatic carbocycles. The van der Waals surface area contributed by atoms with Crippen molar-refractivity contribution in [1.29, 1.82) is 0 Å². The molecule has 0 saturated carbocycles. The Labute approximate surface area is 89.2 Å². The predicted molar refractivity (Wildman–Crippen MR) is 59.9 cm³/mol. The van der Waals surface area contributed by atoms with Crippen molar-refractivity contribution in [1.82, 2.24) is 4.90 Å². The maximum absolute atomic E-state index is 9.52. The first-order valence-corrected chi connectivity index (χ1v) is 5.26. The van der Waals surface area contributed by atoms with Gasteiger partial charge in [0.1, 0.15) is 5.76 Å². The van der Waals surface area contributed by atoms with Gasteiger partial charge < -0.3 is 10.0 Å². The number of allylic oxidation sites excluding steroid dienone is 5. The van der Waals surface area contributed by atoms with Crippen molar-refractivity contribution in [3.8, 4) is 0 Å². The summed E-state index contributed by atoms with van der Waals surface area (Å²) >= 11 is 0. The molecule has 3 rings (SSSR count). The second-order valence-electron chi connectivity index (χ2n) is 4.10. The van der Waals surface area contributed by atoms with Gasteiger partial charge in [0.05, 0.1) is 6.04 Å². The molecule has 2 heterocycles. The Morgan fingerprint density at radius 3 is 3.07 bits per heavy atom. The van der Waals surface area contributed by atoms with E-state index < -0.39 is 0 Å². The van der Waals surface area contributed by atoms with Crippen molar-refractivity contribution in [2.45, 2.75) is 12.5 Å². The summed E-state index contributed by atoms with van der Waals surface area (Å²) in [6, 6.07) is 0.274. The number of aliphatic hydroxyl groups is 1. The van der Waals surface area contributed by atoms with Crippen molar-refractivity contribution in [3.63, 3.8) is 0 Å². The zero-order valence-electron chi connectivity index (χ0n) is 8.38. The highest BCUT2D eigenvalue weighted by Crippen LogP contribution is 2.34. The number of hydrogen-bond donors (Lipinski definition) is 1. The lowest BCUT2D eigenvalue weighted by molar-refractivity contribution is 0.303. The van der Waals surface area contributed by atoms with E-state index >= 15 is 0 Å². The minimum atomic E-state index is 0.274. The third-order valence-corrected chi connectivity index (χ3v) is 3.20. The van der Waals surface area contributed by atoms with Crippen LogP contribution < -0.4 is 0 Å². The van der Waals surface area contributed by atoms with E-state index in [4.69, 9.17) is 0 Å². The summed E-state index contributed by atoms with van der Waals surface area (Å²) in [4.78, 5) is 2.15. The fourth-order valence-corrected chi connectivity index (χ4v) is 2.40. The van der Waals surface area contributed by atoms with Crippen LogP contribution in [0.25, 0.3) is 0 Å². The zero-order valence-corrected chi connectivity index (χ0v) is 8.38. The van der Waals surface area contributed by atoms with E-state index in [9.17, 15) is 5.11 Å². The van der Waals surface area contributed by atoms with E-state index in [2.05, 4.69) is 35.4 Å². The van der Waals surface area contributed by atoms with E-state index in [0.717, 1.165) is 6.42 Å². The van der Waals surface area contributed by atoms with Crippen molar-refractivity contribution in [2.75, 3.05) is 0 Å². The molecule has 0 spiro atoms. The standard InChI is InChI=1S/C13H13NO/c15-11-6-8-14-7-5-10-3-1-2-4-12(10)13(14)9-11/h1-3,5-9,12-13,15H,4H2. The SMILES string of the molecule is OC1=CC2C3CC=CC=C3C=CN2C=C1. The highest BCUT2D eigenvalue weighted by Gasteiger charge is 2.30. The Morgan fingerprint density at radius 1 is 1.27 bits per heavy atom. The Kier molecular flexibility index (Phi) is 1.81. The molecule has 2 heteroatoms. The van der Waals surface area contributed by atoms with E-state index in [1.165, 1.54) is 5.57 Å². The Hall–Kier alpha value is -1.70. The molecule has 0 saturated heterocycles. The van der Waals surface area contributed by atoms with Gasteiger partial charge in [-0.1, -0.05) is 18.2 Å². The van der Waals surface area contributed by atoms with Gasteiger partial charge in [-0.25, -0.2) is 0 Å². The van der Waals surface area contributed by atoms with Gasteiger partial charge in [-0.3, -0.25) is 0 Å². The van der Waals surface area contributed by atoms with Crippen LogP contribution in [0, 0.1) is 5.92 Å². The van der Waals surface area contributed by atoms with Crippen LogP contribution >= 0.6 is 0 Å². The molecular weight excluding hydrogens is 186 g/mol. The first-order chi connectivity index (χ1) is 7.34. The van der Waals surface area contributed by atoms with Crippen LogP contribution in [-0.2, 0) is 0 Å². The third-order valence-electron chi connectivity index (χ3n) is 3.20. The molecule has 2 aliphatic heterocycles. The highest BCUT2D eigenvalue weighted by molar-refractivity contribution is 5.38. The largest absolute Gasteiger partial charge is 0.508 e. The quantitative estimate of drug-likeness (QED) is 0.648. The van der Waals surface area contributed by atoms with Gasteiger partial charge in [0.15, 0.2) is 0 Å². The molecule has 2 unspecified atom stereocenters. The Bertz CT molecular complexity index is 426. The van der Waals surface area contributed by atoms with Gasteiger partial charge >= 0.3 is 0 Å². The summed E-state index contributed by atoms with van der Waals surface area (Å²) in [5.74, 6) is 0.854.